The van der Waals surface area contributed by atoms with Crippen LogP contribution in [-0.4, -0.2) is 60.5 Å². The molecule has 1 fully saturated rings. The van der Waals surface area contributed by atoms with E-state index < -0.39 is 12.1 Å². The number of carboxylic acids is 1. The van der Waals surface area contributed by atoms with E-state index in [9.17, 15) is 13.2 Å². The highest BCUT2D eigenvalue weighted by atomic mass is 32.1. The molecule has 6 nitrogen and oxygen atoms in total. The van der Waals surface area contributed by atoms with E-state index in [2.05, 4.69) is 34.4 Å². The third kappa shape index (κ3) is 8.47. The summed E-state index contributed by atoms with van der Waals surface area (Å²) in [4.78, 5) is 15.8. The van der Waals surface area contributed by atoms with Crippen molar-refractivity contribution >= 4 is 17.3 Å². The lowest BCUT2D eigenvalue weighted by molar-refractivity contribution is -0.192. The zero-order valence-electron chi connectivity index (χ0n) is 17.7. The number of benzene rings is 1. The van der Waals surface area contributed by atoms with E-state index in [0.717, 1.165) is 42.4 Å². The number of aliphatic carboxylic acids is 1. The monoisotopic (exact) mass is 460 g/mol. The first-order valence-electron chi connectivity index (χ1n) is 9.72. The van der Waals surface area contributed by atoms with Crippen molar-refractivity contribution in [2.45, 2.75) is 38.7 Å². The molecule has 0 aliphatic carbocycles. The Bertz CT molecular complexity index is 827. The Hall–Kier alpha value is -2.17. The molecule has 2 aromatic rings. The van der Waals surface area contributed by atoms with Crippen LogP contribution in [0.3, 0.4) is 0 Å². The number of hydrogen-bond donors (Lipinski definition) is 1. The van der Waals surface area contributed by atoms with Gasteiger partial charge in [0, 0.05) is 24.4 Å². The Morgan fingerprint density at radius 3 is 2.48 bits per heavy atom. The van der Waals surface area contributed by atoms with Crippen LogP contribution in [0.25, 0.3) is 0 Å². The molecule has 0 bridgehead atoms. The van der Waals surface area contributed by atoms with Crippen molar-refractivity contribution in [3.05, 3.63) is 45.9 Å². The van der Waals surface area contributed by atoms with Gasteiger partial charge in [-0.2, -0.15) is 13.2 Å². The van der Waals surface area contributed by atoms with Crippen LogP contribution in [0.5, 0.6) is 5.75 Å². The van der Waals surface area contributed by atoms with Crippen LogP contribution in [0.15, 0.2) is 29.6 Å². The number of carboxylic acid groups (broad SMARTS) is 1. The van der Waals surface area contributed by atoms with Crippen LogP contribution in [0.1, 0.15) is 22.7 Å². The van der Waals surface area contributed by atoms with E-state index in [1.807, 2.05) is 19.1 Å². The van der Waals surface area contributed by atoms with E-state index in [1.165, 1.54) is 5.56 Å². The van der Waals surface area contributed by atoms with Crippen molar-refractivity contribution in [1.29, 1.82) is 0 Å². The maximum atomic E-state index is 10.6. The maximum absolute atomic E-state index is 10.6. The highest BCUT2D eigenvalue weighted by Crippen LogP contribution is 2.25. The van der Waals surface area contributed by atoms with Gasteiger partial charge in [0.25, 0.3) is 0 Å². The van der Waals surface area contributed by atoms with Crippen molar-refractivity contribution in [3.63, 3.8) is 0 Å². The molecule has 31 heavy (non-hydrogen) atoms. The van der Waals surface area contributed by atoms with Crippen molar-refractivity contribution in [3.8, 4) is 5.75 Å². The van der Waals surface area contributed by atoms with Crippen LogP contribution in [0.2, 0.25) is 0 Å². The molecular weight excluding hydrogens is 433 g/mol. The number of ether oxygens (including phenoxy) is 2. The summed E-state index contributed by atoms with van der Waals surface area (Å²) < 4.78 is 43.2. The van der Waals surface area contributed by atoms with Gasteiger partial charge in [0.05, 0.1) is 30.5 Å². The number of rotatable bonds is 6. The average molecular weight is 461 g/mol. The van der Waals surface area contributed by atoms with Crippen LogP contribution < -0.4 is 4.74 Å². The zero-order chi connectivity index (χ0) is 23.0. The van der Waals surface area contributed by atoms with Crippen LogP contribution in [0.4, 0.5) is 13.2 Å². The van der Waals surface area contributed by atoms with Gasteiger partial charge in [0.1, 0.15) is 5.75 Å². The number of nitrogens with zero attached hydrogens (tertiary/aromatic N) is 2. The molecule has 1 saturated heterocycles. The summed E-state index contributed by atoms with van der Waals surface area (Å²) in [6.07, 6.45) is -2.67. The van der Waals surface area contributed by atoms with Gasteiger partial charge in [-0.3, -0.25) is 0 Å². The maximum Gasteiger partial charge on any atom is 0.490 e. The first-order chi connectivity index (χ1) is 14.6. The Balaban J connectivity index is 0.000000423. The van der Waals surface area contributed by atoms with Gasteiger partial charge in [-0.15, -0.1) is 11.3 Å². The lowest BCUT2D eigenvalue weighted by Gasteiger charge is -2.36. The quantitative estimate of drug-likeness (QED) is 0.698. The van der Waals surface area contributed by atoms with Crippen LogP contribution in [0, 0.1) is 12.8 Å². The van der Waals surface area contributed by atoms with Crippen molar-refractivity contribution in [1.82, 2.24) is 9.88 Å². The third-order valence-corrected chi connectivity index (χ3v) is 5.70. The van der Waals surface area contributed by atoms with E-state index in [4.69, 9.17) is 19.4 Å². The number of thiazole rings is 1. The Morgan fingerprint density at radius 1 is 1.32 bits per heavy atom. The summed E-state index contributed by atoms with van der Waals surface area (Å²) in [6.45, 7) is 4.83. The second kappa shape index (κ2) is 11.4. The minimum absolute atomic E-state index is 0.297. The lowest BCUT2D eigenvalue weighted by atomic mass is 9.88. The number of halogens is 3. The molecule has 3 rings (SSSR count). The van der Waals surface area contributed by atoms with E-state index in [1.54, 1.807) is 18.4 Å². The molecule has 0 unspecified atom stereocenters. The summed E-state index contributed by atoms with van der Waals surface area (Å²) in [7, 11) is 3.90. The molecule has 1 aromatic carbocycles. The molecule has 172 valence electrons. The second-order valence-corrected chi connectivity index (χ2v) is 8.44. The number of methoxy groups -OCH3 is 1. The molecule has 2 heterocycles. The first-order valence-corrected chi connectivity index (χ1v) is 10.6. The molecule has 0 amide bonds. The summed E-state index contributed by atoms with van der Waals surface area (Å²) in [5, 5.41) is 10.3. The number of likely N-dealkylation sites (tertiary alicyclic amines) is 1. The summed E-state index contributed by atoms with van der Waals surface area (Å²) in [6, 6.07) is 8.40. The molecule has 1 N–H and O–H groups in total. The van der Waals surface area contributed by atoms with Gasteiger partial charge < -0.3 is 19.5 Å². The van der Waals surface area contributed by atoms with Gasteiger partial charge in [-0.1, -0.05) is 12.1 Å². The average Bonchev–Trinajstić information content (AvgIpc) is 3.13. The molecular formula is C21H27F3N2O4S. The predicted molar refractivity (Wildman–Crippen MR) is 111 cm³/mol. The summed E-state index contributed by atoms with van der Waals surface area (Å²) >= 11 is 1.69. The van der Waals surface area contributed by atoms with Gasteiger partial charge in [-0.25, -0.2) is 9.78 Å². The number of aryl methyl sites for hydroxylation is 1. The second-order valence-electron chi connectivity index (χ2n) is 7.37. The first kappa shape index (κ1) is 25.1. The fraction of sp³-hybridized carbons (Fsp3) is 0.524. The number of aromatic nitrogens is 1. The molecule has 0 saturated carbocycles. The van der Waals surface area contributed by atoms with Gasteiger partial charge in [-0.05, 0) is 44.5 Å². The molecule has 0 spiro atoms. The van der Waals surface area contributed by atoms with Crippen molar-refractivity contribution < 1.29 is 32.5 Å². The third-order valence-electron chi connectivity index (χ3n) is 4.88. The molecule has 10 heteroatoms. The van der Waals surface area contributed by atoms with Crippen molar-refractivity contribution in [2.24, 2.45) is 5.92 Å². The summed E-state index contributed by atoms with van der Waals surface area (Å²) in [5.41, 5.74) is 2.40. The highest BCUT2D eigenvalue weighted by molar-refractivity contribution is 7.09. The van der Waals surface area contributed by atoms with Crippen LogP contribution in [-0.2, 0) is 22.6 Å². The molecule has 1 aliphatic heterocycles. The predicted octanol–water partition coefficient (Wildman–Crippen LogP) is 4.17. The molecule has 0 radical (unpaired) electrons. The van der Waals surface area contributed by atoms with Gasteiger partial charge in [0.15, 0.2) is 0 Å². The molecule has 2 atom stereocenters. The Labute approximate surface area is 183 Å². The summed E-state index contributed by atoms with van der Waals surface area (Å²) in [5.74, 6) is -1.34. The fourth-order valence-corrected chi connectivity index (χ4v) is 3.94. The number of alkyl halides is 3. The Morgan fingerprint density at radius 2 is 1.97 bits per heavy atom. The number of piperidine rings is 1. The fourth-order valence-electron chi connectivity index (χ4n) is 3.34. The van der Waals surface area contributed by atoms with E-state index in [-0.39, 0.29) is 0 Å². The SMILES string of the molecule is COc1ccc(C[C@H]2CN(C)CC[C@@H]2OCc2csc(C)n2)cc1.O=C(O)C(F)(F)F. The van der Waals surface area contributed by atoms with E-state index >= 15 is 0 Å². The highest BCUT2D eigenvalue weighted by Gasteiger charge is 2.38. The molecule has 1 aliphatic rings. The standard InChI is InChI=1S/C19H26N2O2S.C2HF3O2/c1-14-20-17(13-24-14)12-23-19-8-9-21(2)11-16(19)10-15-4-6-18(22-3)7-5-15;3-2(4,5)1(6)7/h4-7,13,16,19H,8-12H2,1-3H3;(H,6,7)/t16-,19-;/m0./s1. The lowest BCUT2D eigenvalue weighted by Crippen LogP contribution is -2.43. The van der Waals surface area contributed by atoms with Gasteiger partial charge in [0.2, 0.25) is 0 Å². The Kier molecular flexibility index (Phi) is 9.27. The topological polar surface area (TPSA) is 71.9 Å². The van der Waals surface area contributed by atoms with E-state index in [0.29, 0.717) is 18.6 Å². The normalized spacial score (nSPS) is 19.4. The van der Waals surface area contributed by atoms with Gasteiger partial charge >= 0.3 is 12.1 Å². The van der Waals surface area contributed by atoms with Crippen LogP contribution >= 0.6 is 11.3 Å². The number of hydrogen-bond acceptors (Lipinski definition) is 6. The minimum Gasteiger partial charge on any atom is -0.497 e. The minimum atomic E-state index is -5.08. The van der Waals surface area contributed by atoms with Crippen molar-refractivity contribution in [2.75, 3.05) is 27.2 Å². The zero-order valence-corrected chi connectivity index (χ0v) is 18.5. The number of carbonyl (C=O) groups is 1. The largest absolute Gasteiger partial charge is 0.497 e. The molecule has 1 aromatic heterocycles. The smallest absolute Gasteiger partial charge is 0.490 e.